The van der Waals surface area contributed by atoms with Gasteiger partial charge < -0.3 is 11.5 Å². The second-order valence-electron chi connectivity index (χ2n) is 6.87. The van der Waals surface area contributed by atoms with Gasteiger partial charge in [-0.05, 0) is 44.9 Å². The summed E-state index contributed by atoms with van der Waals surface area (Å²) in [5.74, 6) is 3.61. The van der Waals surface area contributed by atoms with Gasteiger partial charge in [0.15, 0.2) is 0 Å². The van der Waals surface area contributed by atoms with Gasteiger partial charge in [0.2, 0.25) is 0 Å². The molecule has 5 atom stereocenters. The molecule has 1 aliphatic rings. The molecule has 22 heavy (non-hydrogen) atoms. The van der Waals surface area contributed by atoms with Gasteiger partial charge in [-0.1, -0.05) is 44.1 Å². The molecule has 1 aliphatic heterocycles. The molecule has 5 unspecified atom stereocenters. The van der Waals surface area contributed by atoms with Crippen molar-refractivity contribution in [2.75, 3.05) is 6.54 Å². The first-order valence-corrected chi connectivity index (χ1v) is 8.36. The molecule has 3 heteroatoms. The third-order valence-electron chi connectivity index (χ3n) is 4.88. The maximum absolute atomic E-state index is 6.52. The molecule has 1 saturated heterocycles. The van der Waals surface area contributed by atoms with Crippen molar-refractivity contribution in [1.82, 2.24) is 4.90 Å². The summed E-state index contributed by atoms with van der Waals surface area (Å²) < 4.78 is 0. The van der Waals surface area contributed by atoms with Gasteiger partial charge in [0, 0.05) is 18.6 Å². The molecular weight excluding hydrogens is 270 g/mol. The molecule has 0 aromatic carbocycles. The number of rotatable bonds is 6. The summed E-state index contributed by atoms with van der Waals surface area (Å²) in [6.07, 6.45) is 12.8. The summed E-state index contributed by atoms with van der Waals surface area (Å²) in [6, 6.07) is 0.260. The van der Waals surface area contributed by atoms with E-state index < -0.39 is 5.66 Å². The fourth-order valence-electron chi connectivity index (χ4n) is 3.52. The number of likely N-dealkylation sites (tertiary alicyclic amines) is 1. The maximum atomic E-state index is 6.52. The van der Waals surface area contributed by atoms with Gasteiger partial charge in [-0.25, -0.2) is 0 Å². The zero-order chi connectivity index (χ0) is 16.9. The highest BCUT2D eigenvalue weighted by Crippen LogP contribution is 2.37. The predicted octanol–water partition coefficient (Wildman–Crippen LogP) is 2.88. The van der Waals surface area contributed by atoms with Gasteiger partial charge in [-0.2, -0.15) is 0 Å². The Bertz CT molecular complexity index is 444. The second-order valence-corrected chi connectivity index (χ2v) is 6.87. The van der Waals surface area contributed by atoms with Gasteiger partial charge in [0.25, 0.3) is 0 Å². The van der Waals surface area contributed by atoms with E-state index >= 15 is 0 Å². The molecule has 1 rings (SSSR count). The summed E-state index contributed by atoms with van der Waals surface area (Å²) >= 11 is 0. The van der Waals surface area contributed by atoms with E-state index in [1.807, 2.05) is 13.8 Å². The Morgan fingerprint density at radius 1 is 1.59 bits per heavy atom. The van der Waals surface area contributed by atoms with E-state index in [1.165, 1.54) is 5.57 Å². The fourth-order valence-corrected chi connectivity index (χ4v) is 3.52. The van der Waals surface area contributed by atoms with Crippen molar-refractivity contribution < 1.29 is 0 Å². The summed E-state index contributed by atoms with van der Waals surface area (Å²) in [5.41, 5.74) is 13.3. The lowest BCUT2D eigenvalue weighted by molar-refractivity contribution is 0.0127. The minimum absolute atomic E-state index is 0.100. The number of piperidine rings is 1. The molecule has 0 spiro atoms. The lowest BCUT2D eigenvalue weighted by atomic mass is 9.74. The smallest absolute Gasteiger partial charge is 0.130 e. The highest BCUT2D eigenvalue weighted by atomic mass is 15.3. The quantitative estimate of drug-likeness (QED) is 0.586. The number of hydrogen-bond donors (Lipinski definition) is 2. The minimum atomic E-state index is -0.768. The van der Waals surface area contributed by atoms with Crippen molar-refractivity contribution in [3.63, 3.8) is 0 Å². The summed E-state index contributed by atoms with van der Waals surface area (Å²) in [7, 11) is 0. The molecule has 0 aromatic heterocycles. The number of allylic oxidation sites excluding steroid dienone is 1. The van der Waals surface area contributed by atoms with Crippen LogP contribution in [0.15, 0.2) is 24.3 Å². The van der Waals surface area contributed by atoms with Crippen LogP contribution >= 0.6 is 0 Å². The van der Waals surface area contributed by atoms with Crippen LogP contribution in [0.1, 0.15) is 47.0 Å². The van der Waals surface area contributed by atoms with Gasteiger partial charge in [0.1, 0.15) is 5.66 Å². The SMILES string of the molecule is C#CC(C)(N)N1CC(C)CC(C(N)C/C=C\C)C1C(=C)CC. The summed E-state index contributed by atoms with van der Waals surface area (Å²) in [6.45, 7) is 13.5. The Balaban J connectivity index is 3.16. The Morgan fingerprint density at radius 2 is 2.23 bits per heavy atom. The van der Waals surface area contributed by atoms with Crippen LogP contribution in [0.4, 0.5) is 0 Å². The number of hydrogen-bond acceptors (Lipinski definition) is 3. The van der Waals surface area contributed by atoms with Gasteiger partial charge in [-0.15, -0.1) is 6.42 Å². The Hall–Kier alpha value is -1.08. The fraction of sp³-hybridized carbons (Fsp3) is 0.684. The molecule has 4 N–H and O–H groups in total. The predicted molar refractivity (Wildman–Crippen MR) is 96.0 cm³/mol. The van der Waals surface area contributed by atoms with Crippen molar-refractivity contribution in [2.45, 2.75) is 64.7 Å². The third-order valence-corrected chi connectivity index (χ3v) is 4.88. The van der Waals surface area contributed by atoms with Crippen molar-refractivity contribution in [1.29, 1.82) is 0 Å². The van der Waals surface area contributed by atoms with E-state index in [0.717, 1.165) is 25.8 Å². The van der Waals surface area contributed by atoms with Crippen LogP contribution < -0.4 is 11.5 Å². The van der Waals surface area contributed by atoms with Gasteiger partial charge in [-0.3, -0.25) is 4.90 Å². The molecule has 0 aromatic rings. The molecule has 1 fully saturated rings. The van der Waals surface area contributed by atoms with E-state index in [1.54, 1.807) is 0 Å². The lowest BCUT2D eigenvalue weighted by Gasteiger charge is -2.51. The largest absolute Gasteiger partial charge is 0.327 e. The van der Waals surface area contributed by atoms with Crippen LogP contribution in [0.3, 0.4) is 0 Å². The molecule has 0 aliphatic carbocycles. The van der Waals surface area contributed by atoms with Crippen molar-refractivity contribution in [3.8, 4) is 12.3 Å². The maximum Gasteiger partial charge on any atom is 0.130 e. The topological polar surface area (TPSA) is 55.3 Å². The molecule has 124 valence electrons. The molecule has 0 bridgehead atoms. The number of nitrogens with zero attached hydrogens (tertiary/aromatic N) is 1. The highest BCUT2D eigenvalue weighted by molar-refractivity contribution is 5.19. The summed E-state index contributed by atoms with van der Waals surface area (Å²) in [4.78, 5) is 2.24. The Morgan fingerprint density at radius 3 is 2.73 bits per heavy atom. The van der Waals surface area contributed by atoms with E-state index in [9.17, 15) is 0 Å². The lowest BCUT2D eigenvalue weighted by Crippen LogP contribution is -2.64. The zero-order valence-corrected chi connectivity index (χ0v) is 14.7. The van der Waals surface area contributed by atoms with Crippen LogP contribution in [0.5, 0.6) is 0 Å². The van der Waals surface area contributed by atoms with Crippen LogP contribution in [0, 0.1) is 24.2 Å². The van der Waals surface area contributed by atoms with Gasteiger partial charge >= 0.3 is 0 Å². The third kappa shape index (κ3) is 4.23. The number of nitrogens with two attached hydrogens (primary N) is 2. The highest BCUT2D eigenvalue weighted by Gasteiger charge is 2.43. The van der Waals surface area contributed by atoms with Crippen LogP contribution in [-0.4, -0.2) is 29.2 Å². The van der Waals surface area contributed by atoms with Crippen LogP contribution in [0.2, 0.25) is 0 Å². The second kappa shape index (κ2) is 7.97. The van der Waals surface area contributed by atoms with Crippen molar-refractivity contribution >= 4 is 0 Å². The van der Waals surface area contributed by atoms with Crippen LogP contribution in [-0.2, 0) is 0 Å². The molecule has 0 radical (unpaired) electrons. The van der Waals surface area contributed by atoms with E-state index in [0.29, 0.717) is 11.8 Å². The number of terminal acetylenes is 1. The molecular formula is C19H33N3. The van der Waals surface area contributed by atoms with Crippen LogP contribution in [0.25, 0.3) is 0 Å². The zero-order valence-electron chi connectivity index (χ0n) is 14.7. The van der Waals surface area contributed by atoms with Gasteiger partial charge in [0.05, 0.1) is 0 Å². The van der Waals surface area contributed by atoms with E-state index in [4.69, 9.17) is 17.9 Å². The molecule has 3 nitrogen and oxygen atoms in total. The first-order valence-electron chi connectivity index (χ1n) is 8.36. The summed E-state index contributed by atoms with van der Waals surface area (Å²) in [5, 5.41) is 0. The molecule has 0 amide bonds. The minimum Gasteiger partial charge on any atom is -0.327 e. The normalized spacial score (nSPS) is 30.7. The molecule has 0 saturated carbocycles. The first-order chi connectivity index (χ1) is 10.3. The van der Waals surface area contributed by atoms with Crippen molar-refractivity contribution in [2.24, 2.45) is 23.3 Å². The first kappa shape index (κ1) is 19.0. The Labute approximate surface area is 136 Å². The van der Waals surface area contributed by atoms with E-state index in [2.05, 4.69) is 43.4 Å². The average molecular weight is 303 g/mol. The standard InChI is InChI=1S/C19H33N3/c1-7-10-11-17(20)16-12-14(4)13-22(19(6,21)9-3)18(16)15(5)8-2/h3,7,10,14,16-18H,5,8,11-13,20-21H2,1-2,4,6H3/b10-7-. The molecule has 1 heterocycles. The monoisotopic (exact) mass is 303 g/mol. The van der Waals surface area contributed by atoms with E-state index in [-0.39, 0.29) is 12.1 Å². The average Bonchev–Trinajstić information content (AvgIpc) is 2.50. The Kier molecular flexibility index (Phi) is 6.87. The van der Waals surface area contributed by atoms with Crippen molar-refractivity contribution in [3.05, 3.63) is 24.3 Å².